The summed E-state index contributed by atoms with van der Waals surface area (Å²) < 4.78 is 25.7. The van der Waals surface area contributed by atoms with Crippen molar-refractivity contribution in [2.75, 3.05) is 5.32 Å². The molecule has 2 aromatic carbocycles. The SMILES string of the molecule is N#Cc1cccc(Nc2ccc(F)c(F)c2)c1. The highest BCUT2D eigenvalue weighted by atomic mass is 19.2. The molecule has 4 heteroatoms. The van der Waals surface area contributed by atoms with Crippen molar-refractivity contribution in [3.05, 3.63) is 59.7 Å². The second-order valence-electron chi connectivity index (χ2n) is 3.45. The number of hydrogen-bond donors (Lipinski definition) is 1. The Labute approximate surface area is 97.1 Å². The van der Waals surface area contributed by atoms with E-state index < -0.39 is 11.6 Å². The molecule has 2 aromatic rings. The first-order valence-corrected chi connectivity index (χ1v) is 4.91. The molecule has 0 atom stereocenters. The second-order valence-corrected chi connectivity index (χ2v) is 3.45. The largest absolute Gasteiger partial charge is 0.355 e. The molecule has 17 heavy (non-hydrogen) atoms. The van der Waals surface area contributed by atoms with Crippen LogP contribution in [0.4, 0.5) is 20.2 Å². The molecule has 0 saturated carbocycles. The van der Waals surface area contributed by atoms with Gasteiger partial charge in [0, 0.05) is 17.4 Å². The van der Waals surface area contributed by atoms with Crippen molar-refractivity contribution in [3.8, 4) is 6.07 Å². The monoisotopic (exact) mass is 230 g/mol. The molecule has 2 nitrogen and oxygen atoms in total. The molecule has 0 aromatic heterocycles. The molecule has 0 radical (unpaired) electrons. The minimum absolute atomic E-state index is 0.430. The molecule has 0 bridgehead atoms. The predicted molar refractivity (Wildman–Crippen MR) is 60.8 cm³/mol. The highest BCUT2D eigenvalue weighted by Gasteiger charge is 2.02. The molecule has 0 spiro atoms. The van der Waals surface area contributed by atoms with E-state index in [9.17, 15) is 8.78 Å². The van der Waals surface area contributed by atoms with Crippen LogP contribution in [-0.2, 0) is 0 Å². The third-order valence-corrected chi connectivity index (χ3v) is 2.20. The van der Waals surface area contributed by atoms with E-state index in [-0.39, 0.29) is 0 Å². The number of anilines is 2. The summed E-state index contributed by atoms with van der Waals surface area (Å²) in [5.41, 5.74) is 1.58. The van der Waals surface area contributed by atoms with Crippen molar-refractivity contribution in [2.24, 2.45) is 0 Å². The first-order chi connectivity index (χ1) is 8.19. The fourth-order valence-electron chi connectivity index (χ4n) is 1.41. The van der Waals surface area contributed by atoms with Crippen LogP contribution in [0.5, 0.6) is 0 Å². The van der Waals surface area contributed by atoms with Gasteiger partial charge in [0.05, 0.1) is 11.6 Å². The molecule has 0 aliphatic carbocycles. The van der Waals surface area contributed by atoms with Crippen molar-refractivity contribution in [1.29, 1.82) is 5.26 Å². The van der Waals surface area contributed by atoms with E-state index in [2.05, 4.69) is 5.32 Å². The first-order valence-electron chi connectivity index (χ1n) is 4.91. The summed E-state index contributed by atoms with van der Waals surface area (Å²) in [4.78, 5) is 0. The van der Waals surface area contributed by atoms with Crippen LogP contribution in [-0.4, -0.2) is 0 Å². The van der Waals surface area contributed by atoms with Crippen LogP contribution in [0.1, 0.15) is 5.56 Å². The molecule has 0 saturated heterocycles. The highest BCUT2D eigenvalue weighted by molar-refractivity contribution is 5.61. The summed E-state index contributed by atoms with van der Waals surface area (Å²) in [5.74, 6) is -1.80. The Morgan fingerprint density at radius 1 is 0.941 bits per heavy atom. The molecule has 84 valence electrons. The lowest BCUT2D eigenvalue weighted by atomic mass is 10.2. The van der Waals surface area contributed by atoms with Gasteiger partial charge in [0.2, 0.25) is 0 Å². The van der Waals surface area contributed by atoms with Gasteiger partial charge in [-0.25, -0.2) is 8.78 Å². The molecule has 1 N–H and O–H groups in total. The third kappa shape index (κ3) is 2.58. The number of nitrogens with one attached hydrogen (secondary N) is 1. The van der Waals surface area contributed by atoms with Crippen molar-refractivity contribution >= 4 is 11.4 Å². The zero-order valence-corrected chi connectivity index (χ0v) is 8.74. The summed E-state index contributed by atoms with van der Waals surface area (Å²) >= 11 is 0. The van der Waals surface area contributed by atoms with Gasteiger partial charge in [0.1, 0.15) is 0 Å². The maximum Gasteiger partial charge on any atom is 0.160 e. The van der Waals surface area contributed by atoms with Crippen molar-refractivity contribution in [1.82, 2.24) is 0 Å². The Kier molecular flexibility index (Phi) is 3.01. The van der Waals surface area contributed by atoms with Gasteiger partial charge in [-0.05, 0) is 30.3 Å². The lowest BCUT2D eigenvalue weighted by Crippen LogP contribution is -1.93. The topological polar surface area (TPSA) is 35.8 Å². The number of nitrogens with zero attached hydrogens (tertiary/aromatic N) is 1. The number of halogens is 2. The molecule has 0 heterocycles. The molecule has 0 fully saturated rings. The number of benzene rings is 2. The average Bonchev–Trinajstić information content (AvgIpc) is 2.34. The lowest BCUT2D eigenvalue weighted by molar-refractivity contribution is 0.509. The zero-order valence-electron chi connectivity index (χ0n) is 8.74. The van der Waals surface area contributed by atoms with E-state index in [1.807, 2.05) is 6.07 Å². The van der Waals surface area contributed by atoms with Crippen molar-refractivity contribution < 1.29 is 8.78 Å². The molecule has 0 unspecified atom stereocenters. The highest BCUT2D eigenvalue weighted by Crippen LogP contribution is 2.19. The van der Waals surface area contributed by atoms with Crippen LogP contribution >= 0.6 is 0 Å². The van der Waals surface area contributed by atoms with E-state index >= 15 is 0 Å². The molecular formula is C13H8F2N2. The Hall–Kier alpha value is -2.41. The Balaban J connectivity index is 2.25. The second kappa shape index (κ2) is 4.62. The van der Waals surface area contributed by atoms with Gasteiger partial charge in [-0.1, -0.05) is 6.07 Å². The molecule has 2 rings (SSSR count). The van der Waals surface area contributed by atoms with Gasteiger partial charge in [0.25, 0.3) is 0 Å². The Morgan fingerprint density at radius 3 is 2.41 bits per heavy atom. The molecule has 0 amide bonds. The van der Waals surface area contributed by atoms with Crippen molar-refractivity contribution in [2.45, 2.75) is 0 Å². The summed E-state index contributed by atoms with van der Waals surface area (Å²) in [7, 11) is 0. The van der Waals surface area contributed by atoms with Crippen molar-refractivity contribution in [3.63, 3.8) is 0 Å². The predicted octanol–water partition coefficient (Wildman–Crippen LogP) is 3.58. The standard InChI is InChI=1S/C13H8F2N2/c14-12-5-4-11(7-13(12)15)17-10-3-1-2-9(6-10)8-16/h1-7,17H. The average molecular weight is 230 g/mol. The maximum atomic E-state index is 13.0. The van der Waals surface area contributed by atoms with Gasteiger partial charge < -0.3 is 5.32 Å². The van der Waals surface area contributed by atoms with E-state index in [0.29, 0.717) is 16.9 Å². The number of hydrogen-bond acceptors (Lipinski definition) is 2. The van der Waals surface area contributed by atoms with Crippen LogP contribution in [0.15, 0.2) is 42.5 Å². The van der Waals surface area contributed by atoms with E-state index in [0.717, 1.165) is 12.1 Å². The van der Waals surface area contributed by atoms with Gasteiger partial charge in [-0.15, -0.1) is 0 Å². The maximum absolute atomic E-state index is 13.0. The van der Waals surface area contributed by atoms with Crippen LogP contribution < -0.4 is 5.32 Å². The minimum atomic E-state index is -0.911. The smallest absolute Gasteiger partial charge is 0.160 e. The lowest BCUT2D eigenvalue weighted by Gasteiger charge is -2.06. The van der Waals surface area contributed by atoms with Crippen LogP contribution in [0.25, 0.3) is 0 Å². The fraction of sp³-hybridized carbons (Fsp3) is 0. The van der Waals surface area contributed by atoms with Gasteiger partial charge in [-0.2, -0.15) is 5.26 Å². The summed E-state index contributed by atoms with van der Waals surface area (Å²) in [6, 6.07) is 12.3. The van der Waals surface area contributed by atoms with Gasteiger partial charge in [-0.3, -0.25) is 0 Å². The van der Waals surface area contributed by atoms with E-state index in [1.54, 1.807) is 24.3 Å². The Morgan fingerprint density at radius 2 is 1.71 bits per heavy atom. The third-order valence-electron chi connectivity index (χ3n) is 2.20. The number of nitriles is 1. The number of rotatable bonds is 2. The Bertz CT molecular complexity index is 588. The molecule has 0 aliphatic rings. The van der Waals surface area contributed by atoms with Gasteiger partial charge >= 0.3 is 0 Å². The summed E-state index contributed by atoms with van der Waals surface area (Å²) in [6.07, 6.45) is 0. The first kappa shape index (κ1) is 11.1. The molecule has 0 aliphatic heterocycles. The fourth-order valence-corrected chi connectivity index (χ4v) is 1.41. The van der Waals surface area contributed by atoms with Crippen LogP contribution in [0.2, 0.25) is 0 Å². The molecular weight excluding hydrogens is 222 g/mol. The normalized spacial score (nSPS) is 9.71. The van der Waals surface area contributed by atoms with Crippen LogP contribution in [0, 0.1) is 23.0 Å². The quantitative estimate of drug-likeness (QED) is 0.855. The van der Waals surface area contributed by atoms with Crippen LogP contribution in [0.3, 0.4) is 0 Å². The minimum Gasteiger partial charge on any atom is -0.355 e. The summed E-state index contributed by atoms with van der Waals surface area (Å²) in [5, 5.41) is 11.6. The van der Waals surface area contributed by atoms with E-state index in [4.69, 9.17) is 5.26 Å². The zero-order chi connectivity index (χ0) is 12.3. The van der Waals surface area contributed by atoms with E-state index in [1.165, 1.54) is 6.07 Å². The summed E-state index contributed by atoms with van der Waals surface area (Å²) in [6.45, 7) is 0. The van der Waals surface area contributed by atoms with Gasteiger partial charge in [0.15, 0.2) is 11.6 Å².